The van der Waals surface area contributed by atoms with E-state index in [1.807, 2.05) is 13.8 Å². The van der Waals surface area contributed by atoms with E-state index >= 15 is 0 Å². The van der Waals surface area contributed by atoms with Crippen LogP contribution in [-0.4, -0.2) is 94.0 Å². The van der Waals surface area contributed by atoms with Gasteiger partial charge in [-0.05, 0) is 87.0 Å². The first-order valence-electron chi connectivity index (χ1n) is 16.0. The van der Waals surface area contributed by atoms with Gasteiger partial charge in [0.15, 0.2) is 0 Å². The zero-order valence-corrected chi connectivity index (χ0v) is 29.7. The lowest BCUT2D eigenvalue weighted by Gasteiger charge is -2.35. The average Bonchev–Trinajstić information content (AvgIpc) is 3.63. The SMILES string of the molecule is COc1ccc(NC(=O)N(C)C[C@H]2OCCCC[C@@H](C)Oc3ccc(NS(=O)(=O)c4cccs4)cc3C(=O)N([C@@H](C)CO)C[C@@H]2C)cc1. The van der Waals surface area contributed by atoms with E-state index < -0.39 is 28.1 Å². The van der Waals surface area contributed by atoms with Gasteiger partial charge in [0.05, 0.1) is 37.5 Å². The van der Waals surface area contributed by atoms with Crippen LogP contribution in [0.25, 0.3) is 0 Å². The van der Waals surface area contributed by atoms with Crippen LogP contribution in [-0.2, 0) is 14.8 Å². The van der Waals surface area contributed by atoms with Crippen LogP contribution < -0.4 is 19.5 Å². The Morgan fingerprint density at radius 1 is 1.15 bits per heavy atom. The lowest BCUT2D eigenvalue weighted by Crippen LogP contribution is -2.48. The van der Waals surface area contributed by atoms with Gasteiger partial charge in [0.25, 0.3) is 15.9 Å². The molecule has 1 aromatic heterocycles. The summed E-state index contributed by atoms with van der Waals surface area (Å²) in [4.78, 5) is 30.6. The molecule has 0 saturated carbocycles. The molecule has 4 atom stereocenters. The highest BCUT2D eigenvalue weighted by Crippen LogP contribution is 2.30. The molecular weight excluding hydrogens is 657 g/mol. The van der Waals surface area contributed by atoms with E-state index in [1.165, 1.54) is 12.1 Å². The molecule has 0 bridgehead atoms. The third-order valence-electron chi connectivity index (χ3n) is 8.21. The van der Waals surface area contributed by atoms with Crippen LogP contribution in [0, 0.1) is 5.92 Å². The fraction of sp³-hybridized carbons (Fsp3) is 0.471. The summed E-state index contributed by atoms with van der Waals surface area (Å²) in [7, 11) is -0.599. The monoisotopic (exact) mass is 702 g/mol. The Morgan fingerprint density at radius 3 is 2.54 bits per heavy atom. The topological polar surface area (TPSA) is 147 Å². The molecule has 14 heteroatoms. The maximum Gasteiger partial charge on any atom is 0.321 e. The summed E-state index contributed by atoms with van der Waals surface area (Å²) in [6, 6.07) is 14.0. The minimum absolute atomic E-state index is 0.150. The Kier molecular flexibility index (Phi) is 13.1. The van der Waals surface area contributed by atoms with E-state index in [-0.39, 0.29) is 53.2 Å². The first-order valence-corrected chi connectivity index (χ1v) is 18.3. The van der Waals surface area contributed by atoms with Crippen LogP contribution >= 0.6 is 11.3 Å². The number of aliphatic hydroxyl groups is 1. The fourth-order valence-electron chi connectivity index (χ4n) is 5.32. The van der Waals surface area contributed by atoms with Crippen molar-refractivity contribution in [1.82, 2.24) is 9.80 Å². The average molecular weight is 703 g/mol. The van der Waals surface area contributed by atoms with E-state index in [4.69, 9.17) is 14.2 Å². The van der Waals surface area contributed by atoms with Gasteiger partial charge < -0.3 is 34.4 Å². The van der Waals surface area contributed by atoms with Crippen molar-refractivity contribution >= 4 is 44.7 Å². The molecule has 4 rings (SSSR count). The number of likely N-dealkylation sites (N-methyl/N-ethyl adjacent to an activating group) is 1. The van der Waals surface area contributed by atoms with Gasteiger partial charge in [0.1, 0.15) is 15.7 Å². The second-order valence-electron chi connectivity index (χ2n) is 12.1. The first kappa shape index (κ1) is 37.0. The number of carbonyl (C=O) groups is 2. The van der Waals surface area contributed by atoms with Crippen LogP contribution in [0.15, 0.2) is 64.2 Å². The molecule has 0 saturated heterocycles. The van der Waals surface area contributed by atoms with E-state index in [0.29, 0.717) is 30.2 Å². The van der Waals surface area contributed by atoms with Crippen LogP contribution in [0.3, 0.4) is 0 Å². The molecule has 3 amide bonds. The molecule has 2 aromatic carbocycles. The Hall–Kier alpha value is -3.85. The number of urea groups is 1. The van der Waals surface area contributed by atoms with E-state index in [0.717, 1.165) is 24.2 Å². The molecule has 48 heavy (non-hydrogen) atoms. The van der Waals surface area contributed by atoms with Crippen molar-refractivity contribution in [2.75, 3.05) is 50.5 Å². The van der Waals surface area contributed by atoms with E-state index in [2.05, 4.69) is 10.0 Å². The normalized spacial score (nSPS) is 20.1. The third-order valence-corrected chi connectivity index (χ3v) is 11.0. The van der Waals surface area contributed by atoms with E-state index in [1.54, 1.807) is 78.7 Å². The van der Waals surface area contributed by atoms with Crippen molar-refractivity contribution < 1.29 is 37.3 Å². The van der Waals surface area contributed by atoms with Gasteiger partial charge >= 0.3 is 6.03 Å². The highest BCUT2D eigenvalue weighted by Gasteiger charge is 2.31. The highest BCUT2D eigenvalue weighted by molar-refractivity contribution is 7.94. The molecule has 1 aliphatic heterocycles. The molecule has 2 heterocycles. The van der Waals surface area contributed by atoms with Gasteiger partial charge in [-0.1, -0.05) is 13.0 Å². The molecule has 3 N–H and O–H groups in total. The third kappa shape index (κ3) is 9.84. The van der Waals surface area contributed by atoms with Gasteiger partial charge in [-0.25, -0.2) is 13.2 Å². The van der Waals surface area contributed by atoms with Crippen LogP contribution in [0.4, 0.5) is 16.2 Å². The summed E-state index contributed by atoms with van der Waals surface area (Å²) in [6.45, 7) is 6.22. The Labute approximate surface area is 287 Å². The zero-order chi connectivity index (χ0) is 34.8. The number of ether oxygens (including phenoxy) is 3. The number of hydrogen-bond donors (Lipinski definition) is 3. The van der Waals surface area contributed by atoms with E-state index in [9.17, 15) is 23.1 Å². The Balaban J connectivity index is 1.60. The number of fused-ring (bicyclic) bond motifs is 1. The van der Waals surface area contributed by atoms with Crippen molar-refractivity contribution in [3.05, 3.63) is 65.5 Å². The molecule has 0 aliphatic carbocycles. The number of carbonyl (C=O) groups excluding carboxylic acids is 2. The lowest BCUT2D eigenvalue weighted by molar-refractivity contribution is -0.0115. The number of nitrogens with one attached hydrogen (secondary N) is 2. The number of hydrogen-bond acceptors (Lipinski definition) is 9. The summed E-state index contributed by atoms with van der Waals surface area (Å²) in [5, 5.41) is 14.8. The quantitative estimate of drug-likeness (QED) is 0.264. The smallest absolute Gasteiger partial charge is 0.321 e. The molecular formula is C34H46N4O8S2. The minimum Gasteiger partial charge on any atom is -0.497 e. The number of nitrogens with zero attached hydrogens (tertiary/aromatic N) is 2. The zero-order valence-electron chi connectivity index (χ0n) is 28.0. The molecule has 0 radical (unpaired) electrons. The van der Waals surface area contributed by atoms with Crippen LogP contribution in [0.2, 0.25) is 0 Å². The molecule has 0 spiro atoms. The number of amides is 3. The molecule has 1 aliphatic rings. The largest absolute Gasteiger partial charge is 0.497 e. The predicted octanol–water partition coefficient (Wildman–Crippen LogP) is 5.52. The Morgan fingerprint density at radius 2 is 1.88 bits per heavy atom. The Bertz CT molecular complexity index is 1600. The van der Waals surface area contributed by atoms with Crippen LogP contribution in [0.1, 0.15) is 50.4 Å². The summed E-state index contributed by atoms with van der Waals surface area (Å²) >= 11 is 1.09. The van der Waals surface area contributed by atoms with Crippen LogP contribution in [0.5, 0.6) is 11.5 Å². The fourth-order valence-corrected chi connectivity index (χ4v) is 7.36. The van der Waals surface area contributed by atoms with Crippen molar-refractivity contribution in [3.63, 3.8) is 0 Å². The predicted molar refractivity (Wildman–Crippen MR) is 187 cm³/mol. The number of benzene rings is 2. The summed E-state index contributed by atoms with van der Waals surface area (Å²) in [6.07, 6.45) is 1.61. The number of anilines is 2. The standard InChI is InChI=1S/C34H46N4O8S2/c1-23-20-38(24(2)22-39)33(40)29-19-27(36-48(42,43)32-10-8-18-47-32)13-16-30(29)46-25(3)9-6-7-17-45-31(23)21-37(4)34(41)35-26-11-14-28(44-5)15-12-26/h8,10-16,18-19,23-25,31,36,39H,6-7,9,17,20-22H2,1-5H3,(H,35,41)/t23-,24-,25+,31+/m0/s1. The highest BCUT2D eigenvalue weighted by atomic mass is 32.2. The number of rotatable bonds is 9. The van der Waals surface area contributed by atoms with Gasteiger partial charge in [-0.3, -0.25) is 9.52 Å². The van der Waals surface area contributed by atoms with Gasteiger partial charge in [-0.15, -0.1) is 11.3 Å². The van der Waals surface area contributed by atoms with Gasteiger partial charge in [-0.2, -0.15) is 0 Å². The van der Waals surface area contributed by atoms with Gasteiger partial charge in [0, 0.05) is 44.0 Å². The summed E-state index contributed by atoms with van der Waals surface area (Å²) in [5.74, 6) is 0.322. The molecule has 3 aromatic rings. The number of sulfonamides is 1. The second kappa shape index (κ2) is 17.0. The molecule has 12 nitrogen and oxygen atoms in total. The first-order chi connectivity index (χ1) is 22.9. The van der Waals surface area contributed by atoms with Crippen molar-refractivity contribution in [1.29, 1.82) is 0 Å². The van der Waals surface area contributed by atoms with Gasteiger partial charge in [0.2, 0.25) is 0 Å². The molecule has 262 valence electrons. The number of aliphatic hydroxyl groups excluding tert-OH is 1. The van der Waals surface area contributed by atoms with Crippen molar-refractivity contribution in [2.45, 2.75) is 62.5 Å². The second-order valence-corrected chi connectivity index (χ2v) is 14.9. The molecule has 0 fully saturated rings. The molecule has 0 unspecified atom stereocenters. The maximum absolute atomic E-state index is 14.3. The maximum atomic E-state index is 14.3. The van der Waals surface area contributed by atoms with Crippen molar-refractivity contribution in [3.8, 4) is 11.5 Å². The minimum atomic E-state index is -3.86. The summed E-state index contributed by atoms with van der Waals surface area (Å²) < 4.78 is 46.5. The lowest BCUT2D eigenvalue weighted by atomic mass is 10.0. The number of thiophene rings is 1. The number of methoxy groups -OCH3 is 1. The van der Waals surface area contributed by atoms with Crippen molar-refractivity contribution in [2.24, 2.45) is 5.92 Å². The summed E-state index contributed by atoms with van der Waals surface area (Å²) in [5.41, 5.74) is 1.00.